The van der Waals surface area contributed by atoms with E-state index in [9.17, 15) is 4.79 Å². The molecule has 1 aromatic heterocycles. The molecule has 112 valence electrons. The molecule has 0 aliphatic carbocycles. The van der Waals surface area contributed by atoms with Gasteiger partial charge in [-0.15, -0.1) is 5.10 Å². The largest absolute Gasteiger partial charge is 0.444 e. The summed E-state index contributed by atoms with van der Waals surface area (Å²) in [6, 6.07) is 0. The first kappa shape index (κ1) is 15.3. The van der Waals surface area contributed by atoms with Gasteiger partial charge in [0.2, 0.25) is 0 Å². The Hall–Kier alpha value is -1.11. The molecular formula is C13H21BrN4O2. The summed E-state index contributed by atoms with van der Waals surface area (Å²) >= 11 is 3.29. The zero-order chi connectivity index (χ0) is 14.8. The number of hydrogen-bond acceptors (Lipinski definition) is 4. The van der Waals surface area contributed by atoms with E-state index in [2.05, 4.69) is 26.1 Å². The lowest BCUT2D eigenvalue weighted by Crippen LogP contribution is -2.43. The highest BCUT2D eigenvalue weighted by Crippen LogP contribution is 2.20. The number of likely N-dealkylation sites (tertiary alicyclic amines) is 1. The highest BCUT2D eigenvalue weighted by atomic mass is 79.9. The van der Waals surface area contributed by atoms with Crippen LogP contribution in [0, 0.1) is 5.92 Å². The van der Waals surface area contributed by atoms with Crippen LogP contribution in [0.3, 0.4) is 0 Å². The molecule has 0 spiro atoms. The lowest BCUT2D eigenvalue weighted by molar-refractivity contribution is 0.0153. The number of carbonyl (C=O) groups excluding carboxylic acids is 1. The van der Waals surface area contributed by atoms with E-state index in [0.29, 0.717) is 12.5 Å². The second kappa shape index (κ2) is 6.11. The van der Waals surface area contributed by atoms with Gasteiger partial charge in [-0.3, -0.25) is 0 Å². The summed E-state index contributed by atoms with van der Waals surface area (Å²) in [5, 5.41) is 8.38. The van der Waals surface area contributed by atoms with Gasteiger partial charge in [0.15, 0.2) is 0 Å². The van der Waals surface area contributed by atoms with E-state index in [1.807, 2.05) is 20.8 Å². The van der Waals surface area contributed by atoms with Crippen LogP contribution < -0.4 is 0 Å². The Morgan fingerprint density at radius 1 is 1.55 bits per heavy atom. The highest BCUT2D eigenvalue weighted by molar-refractivity contribution is 9.10. The van der Waals surface area contributed by atoms with Gasteiger partial charge in [0.05, 0.1) is 12.7 Å². The van der Waals surface area contributed by atoms with Gasteiger partial charge in [0.1, 0.15) is 10.2 Å². The maximum Gasteiger partial charge on any atom is 0.410 e. The number of hydrogen-bond donors (Lipinski definition) is 0. The van der Waals surface area contributed by atoms with Gasteiger partial charge in [-0.05, 0) is 55.5 Å². The van der Waals surface area contributed by atoms with E-state index < -0.39 is 5.60 Å². The molecule has 1 saturated heterocycles. The molecule has 0 N–H and O–H groups in total. The molecule has 1 aromatic rings. The normalized spacial score (nSPS) is 20.0. The smallest absolute Gasteiger partial charge is 0.410 e. The lowest BCUT2D eigenvalue weighted by Gasteiger charge is -2.33. The van der Waals surface area contributed by atoms with E-state index in [1.165, 1.54) is 0 Å². The van der Waals surface area contributed by atoms with E-state index in [-0.39, 0.29) is 6.09 Å². The molecule has 2 rings (SSSR count). The Kier molecular flexibility index (Phi) is 4.67. The van der Waals surface area contributed by atoms with Crippen LogP contribution in [0.4, 0.5) is 4.79 Å². The standard InChI is InChI=1S/C13H21BrN4O2/c1-13(2,3)20-12(19)17-6-4-5-10(8-17)9-18-15-7-11(14)16-18/h7,10H,4-6,8-9H2,1-3H3/t10-/m1/s1. The summed E-state index contributed by atoms with van der Waals surface area (Å²) in [6.45, 7) is 7.85. The van der Waals surface area contributed by atoms with Gasteiger partial charge in [-0.2, -0.15) is 9.90 Å². The van der Waals surface area contributed by atoms with E-state index in [1.54, 1.807) is 15.9 Å². The summed E-state index contributed by atoms with van der Waals surface area (Å²) in [4.78, 5) is 15.5. The van der Waals surface area contributed by atoms with Crippen LogP contribution >= 0.6 is 15.9 Å². The van der Waals surface area contributed by atoms with E-state index in [4.69, 9.17) is 4.74 Å². The first-order chi connectivity index (χ1) is 9.33. The van der Waals surface area contributed by atoms with E-state index >= 15 is 0 Å². The maximum atomic E-state index is 12.1. The van der Waals surface area contributed by atoms with E-state index in [0.717, 1.165) is 30.5 Å². The highest BCUT2D eigenvalue weighted by Gasteiger charge is 2.28. The molecule has 0 bridgehead atoms. The van der Waals surface area contributed by atoms with Crippen molar-refractivity contribution in [1.82, 2.24) is 19.9 Å². The summed E-state index contributed by atoms with van der Waals surface area (Å²) in [7, 11) is 0. The lowest BCUT2D eigenvalue weighted by atomic mass is 9.98. The van der Waals surface area contributed by atoms with Crippen molar-refractivity contribution in [2.75, 3.05) is 13.1 Å². The molecule has 1 aliphatic heterocycles. The maximum absolute atomic E-state index is 12.1. The van der Waals surface area contributed by atoms with Gasteiger partial charge in [0, 0.05) is 13.1 Å². The molecular weight excluding hydrogens is 324 g/mol. The van der Waals surface area contributed by atoms with Crippen molar-refractivity contribution < 1.29 is 9.53 Å². The monoisotopic (exact) mass is 344 g/mol. The number of amides is 1. The molecule has 1 aliphatic rings. The third-order valence-corrected chi connectivity index (χ3v) is 3.46. The van der Waals surface area contributed by atoms with Crippen molar-refractivity contribution in [3.8, 4) is 0 Å². The van der Waals surface area contributed by atoms with Crippen LogP contribution in [-0.4, -0.2) is 44.7 Å². The second-order valence-corrected chi connectivity index (χ2v) is 6.97. The molecule has 6 nitrogen and oxygen atoms in total. The molecule has 1 amide bonds. The molecule has 0 aromatic carbocycles. The number of piperidine rings is 1. The summed E-state index contributed by atoms with van der Waals surface area (Å²) < 4.78 is 6.15. The molecule has 0 radical (unpaired) electrons. The third kappa shape index (κ3) is 4.47. The minimum absolute atomic E-state index is 0.225. The first-order valence-electron chi connectivity index (χ1n) is 6.87. The number of ether oxygens (including phenoxy) is 1. The van der Waals surface area contributed by atoms with Gasteiger partial charge < -0.3 is 9.64 Å². The Balaban J connectivity index is 1.90. The molecule has 1 atom stereocenters. The predicted molar refractivity (Wildman–Crippen MR) is 78.3 cm³/mol. The van der Waals surface area contributed by atoms with Crippen molar-refractivity contribution in [3.05, 3.63) is 10.8 Å². The Bertz CT molecular complexity index is 469. The fourth-order valence-electron chi connectivity index (χ4n) is 2.30. The predicted octanol–water partition coefficient (Wildman–Crippen LogP) is 2.69. The van der Waals surface area contributed by atoms with Crippen molar-refractivity contribution in [2.45, 2.75) is 45.8 Å². The average Bonchev–Trinajstić information content (AvgIpc) is 2.73. The summed E-state index contributed by atoms with van der Waals surface area (Å²) in [6.07, 6.45) is 3.52. The van der Waals surface area contributed by atoms with Crippen molar-refractivity contribution in [2.24, 2.45) is 5.92 Å². The average molecular weight is 345 g/mol. The fourth-order valence-corrected chi connectivity index (χ4v) is 2.58. The number of aromatic nitrogens is 3. The van der Waals surface area contributed by atoms with Crippen molar-refractivity contribution in [1.29, 1.82) is 0 Å². The van der Waals surface area contributed by atoms with Gasteiger partial charge in [-0.25, -0.2) is 4.79 Å². The number of carbonyl (C=O) groups is 1. The SMILES string of the molecule is CC(C)(C)OC(=O)N1CCC[C@@H](Cn2ncc(Br)n2)C1. The Labute approximate surface area is 127 Å². The third-order valence-electron chi connectivity index (χ3n) is 3.10. The summed E-state index contributed by atoms with van der Waals surface area (Å²) in [5.41, 5.74) is -0.446. The van der Waals surface area contributed by atoms with Crippen LogP contribution in [-0.2, 0) is 11.3 Å². The molecule has 0 unspecified atom stereocenters. The molecule has 2 heterocycles. The van der Waals surface area contributed by atoms with Crippen LogP contribution in [0.25, 0.3) is 0 Å². The topological polar surface area (TPSA) is 60.2 Å². The second-order valence-electron chi connectivity index (χ2n) is 6.16. The number of nitrogens with zero attached hydrogens (tertiary/aromatic N) is 4. The Morgan fingerprint density at radius 2 is 2.30 bits per heavy atom. The zero-order valence-electron chi connectivity index (χ0n) is 12.2. The van der Waals surface area contributed by atoms with Crippen LogP contribution in [0.15, 0.2) is 10.8 Å². The van der Waals surface area contributed by atoms with Crippen LogP contribution in [0.2, 0.25) is 0 Å². The minimum atomic E-state index is -0.446. The van der Waals surface area contributed by atoms with Gasteiger partial charge in [-0.1, -0.05) is 0 Å². The number of halogens is 1. The molecule has 0 saturated carbocycles. The summed E-state index contributed by atoms with van der Waals surface area (Å²) in [5.74, 6) is 0.371. The van der Waals surface area contributed by atoms with Gasteiger partial charge >= 0.3 is 6.09 Å². The molecule has 20 heavy (non-hydrogen) atoms. The van der Waals surface area contributed by atoms with Crippen LogP contribution in [0.1, 0.15) is 33.6 Å². The quantitative estimate of drug-likeness (QED) is 0.827. The van der Waals surface area contributed by atoms with Crippen molar-refractivity contribution in [3.63, 3.8) is 0 Å². The van der Waals surface area contributed by atoms with Crippen LogP contribution in [0.5, 0.6) is 0 Å². The van der Waals surface area contributed by atoms with Crippen molar-refractivity contribution >= 4 is 22.0 Å². The fraction of sp³-hybridized carbons (Fsp3) is 0.769. The first-order valence-corrected chi connectivity index (χ1v) is 7.66. The molecule has 7 heteroatoms. The molecule has 1 fully saturated rings. The minimum Gasteiger partial charge on any atom is -0.444 e. The number of rotatable bonds is 2. The van der Waals surface area contributed by atoms with Gasteiger partial charge in [0.25, 0.3) is 0 Å². The Morgan fingerprint density at radius 3 is 2.90 bits per heavy atom. The zero-order valence-corrected chi connectivity index (χ0v) is 13.8.